The zero-order valence-corrected chi connectivity index (χ0v) is 17.9. The molecule has 0 aromatic heterocycles. The molecule has 0 bridgehead atoms. The Bertz CT molecular complexity index is 957. The van der Waals surface area contributed by atoms with Crippen LogP contribution in [0, 0.1) is 5.92 Å². The lowest BCUT2D eigenvalue weighted by Crippen LogP contribution is -2.27. The lowest BCUT2D eigenvalue weighted by molar-refractivity contribution is 0.280. The van der Waals surface area contributed by atoms with E-state index in [1.54, 1.807) is 12.1 Å². The second kappa shape index (κ2) is 7.73. The van der Waals surface area contributed by atoms with Gasteiger partial charge in [-0.2, -0.15) is 0 Å². The van der Waals surface area contributed by atoms with Crippen molar-refractivity contribution in [3.63, 3.8) is 0 Å². The second-order valence-corrected chi connectivity index (χ2v) is 10.4. The number of nitrogens with one attached hydrogen (secondary N) is 1. The highest BCUT2D eigenvalue weighted by Gasteiger charge is 2.60. The number of hydrogen-bond acceptors (Lipinski definition) is 3. The molecule has 2 aromatic rings. The highest BCUT2D eigenvalue weighted by molar-refractivity contribution is 7.92. The van der Waals surface area contributed by atoms with E-state index in [1.807, 2.05) is 36.4 Å². The van der Waals surface area contributed by atoms with Crippen molar-refractivity contribution in [1.29, 1.82) is 0 Å². The lowest BCUT2D eigenvalue weighted by atomic mass is 9.95. The average Bonchev–Trinajstić information content (AvgIpc) is 3.28. The summed E-state index contributed by atoms with van der Waals surface area (Å²) in [6.07, 6.45) is 1.77. The van der Waals surface area contributed by atoms with Gasteiger partial charge in [-0.1, -0.05) is 38.1 Å². The molecule has 1 aliphatic heterocycles. The van der Waals surface area contributed by atoms with Gasteiger partial charge in [0.25, 0.3) is 10.0 Å². The third-order valence-electron chi connectivity index (χ3n) is 6.39. The number of fused-ring (bicyclic) bond motifs is 1. The fourth-order valence-corrected chi connectivity index (χ4v) is 5.66. The largest absolute Gasteiger partial charge is 0.302 e. The molecule has 156 valence electrons. The molecule has 1 N–H and O–H groups in total. The number of hydrogen-bond donors (Lipinski definition) is 1. The fraction of sp³-hybridized carbons (Fsp3) is 0.478. The van der Waals surface area contributed by atoms with Crippen molar-refractivity contribution >= 4 is 15.7 Å². The molecule has 2 aliphatic rings. The number of halogens is 1. The van der Waals surface area contributed by atoms with Gasteiger partial charge >= 0.3 is 0 Å². The van der Waals surface area contributed by atoms with Gasteiger partial charge in [-0.05, 0) is 60.1 Å². The van der Waals surface area contributed by atoms with Crippen LogP contribution in [0.2, 0.25) is 0 Å². The zero-order valence-electron chi connectivity index (χ0n) is 17.1. The standard InChI is InChI=1S/C23H29FN2O2S/c1-17(2)18-4-10-22(11-5-18)29(27,28)25-21-8-6-19(7-9-21)23-14-20(23)15-26(16-23)13-3-12-24/h4-11,17,20,25H,3,12-16H2,1-2H3/t20-,23+/m1/s1. The van der Waals surface area contributed by atoms with Crippen LogP contribution >= 0.6 is 0 Å². The predicted molar refractivity (Wildman–Crippen MR) is 115 cm³/mol. The van der Waals surface area contributed by atoms with Gasteiger partial charge in [0.05, 0.1) is 11.6 Å². The molecule has 2 fully saturated rings. The summed E-state index contributed by atoms with van der Waals surface area (Å²) in [7, 11) is -3.61. The predicted octanol–water partition coefficient (Wildman–Crippen LogP) is 4.54. The van der Waals surface area contributed by atoms with E-state index < -0.39 is 10.0 Å². The molecule has 29 heavy (non-hydrogen) atoms. The molecule has 2 aromatic carbocycles. The van der Waals surface area contributed by atoms with Crippen molar-refractivity contribution in [2.75, 3.05) is 31.0 Å². The summed E-state index contributed by atoms with van der Waals surface area (Å²) in [5.41, 5.74) is 3.13. The van der Waals surface area contributed by atoms with Crippen LogP contribution in [0.5, 0.6) is 0 Å². The van der Waals surface area contributed by atoms with E-state index in [1.165, 1.54) is 12.0 Å². The van der Waals surface area contributed by atoms with Gasteiger partial charge in [0, 0.05) is 30.7 Å². The van der Waals surface area contributed by atoms with Gasteiger partial charge in [-0.15, -0.1) is 0 Å². The number of likely N-dealkylation sites (tertiary alicyclic amines) is 1. The summed E-state index contributed by atoms with van der Waals surface area (Å²) in [6.45, 7) is 6.74. The summed E-state index contributed by atoms with van der Waals surface area (Å²) < 4.78 is 40.5. The minimum atomic E-state index is -3.61. The summed E-state index contributed by atoms with van der Waals surface area (Å²) in [4.78, 5) is 2.62. The van der Waals surface area contributed by atoms with Crippen molar-refractivity contribution in [1.82, 2.24) is 4.90 Å². The Morgan fingerprint density at radius 3 is 2.45 bits per heavy atom. The summed E-state index contributed by atoms with van der Waals surface area (Å²) in [5.74, 6) is 1.01. The topological polar surface area (TPSA) is 49.4 Å². The van der Waals surface area contributed by atoms with E-state index in [-0.39, 0.29) is 17.0 Å². The zero-order chi connectivity index (χ0) is 20.6. The van der Waals surface area contributed by atoms with E-state index in [4.69, 9.17) is 0 Å². The van der Waals surface area contributed by atoms with E-state index in [9.17, 15) is 12.8 Å². The van der Waals surface area contributed by atoms with Crippen molar-refractivity contribution in [3.05, 3.63) is 59.7 Å². The molecule has 0 unspecified atom stereocenters. The fourth-order valence-electron chi connectivity index (χ4n) is 4.60. The first-order valence-corrected chi connectivity index (χ1v) is 11.8. The minimum Gasteiger partial charge on any atom is -0.302 e. The Hall–Kier alpha value is -1.92. The van der Waals surface area contributed by atoms with Crippen LogP contribution in [0.4, 0.5) is 10.1 Å². The molecule has 4 rings (SSSR count). The van der Waals surface area contributed by atoms with Crippen LogP contribution < -0.4 is 4.72 Å². The molecule has 4 nitrogen and oxygen atoms in total. The first-order chi connectivity index (χ1) is 13.8. The normalized spacial score (nSPS) is 23.9. The van der Waals surface area contributed by atoms with Crippen LogP contribution in [-0.2, 0) is 15.4 Å². The quantitative estimate of drug-likeness (QED) is 0.687. The van der Waals surface area contributed by atoms with Gasteiger partial charge in [-0.25, -0.2) is 8.42 Å². The molecule has 1 saturated heterocycles. The maximum Gasteiger partial charge on any atom is 0.261 e. The molecular formula is C23H29FN2O2S. The van der Waals surface area contributed by atoms with Crippen LogP contribution in [0.25, 0.3) is 0 Å². The van der Waals surface area contributed by atoms with Crippen molar-refractivity contribution in [3.8, 4) is 0 Å². The van der Waals surface area contributed by atoms with Gasteiger partial charge in [0.15, 0.2) is 0 Å². The Morgan fingerprint density at radius 1 is 1.14 bits per heavy atom. The third kappa shape index (κ3) is 4.05. The first kappa shape index (κ1) is 20.4. The van der Waals surface area contributed by atoms with E-state index in [0.29, 0.717) is 23.9 Å². The maximum atomic E-state index is 12.7. The highest BCUT2D eigenvalue weighted by atomic mass is 32.2. The second-order valence-electron chi connectivity index (χ2n) is 8.74. The molecule has 0 amide bonds. The van der Waals surface area contributed by atoms with Crippen molar-refractivity contribution < 1.29 is 12.8 Å². The van der Waals surface area contributed by atoms with Crippen molar-refractivity contribution in [2.45, 2.75) is 42.9 Å². The highest BCUT2D eigenvalue weighted by Crippen LogP contribution is 2.59. The third-order valence-corrected chi connectivity index (χ3v) is 7.79. The minimum absolute atomic E-state index is 0.181. The Morgan fingerprint density at radius 2 is 1.83 bits per heavy atom. The van der Waals surface area contributed by atoms with Crippen LogP contribution in [-0.4, -0.2) is 39.6 Å². The lowest BCUT2D eigenvalue weighted by Gasteiger charge is -2.20. The summed E-state index contributed by atoms with van der Waals surface area (Å²) in [6, 6.07) is 14.8. The number of benzene rings is 2. The van der Waals surface area contributed by atoms with E-state index >= 15 is 0 Å². The number of rotatable bonds is 8. The number of anilines is 1. The molecule has 1 aliphatic carbocycles. The van der Waals surface area contributed by atoms with E-state index in [0.717, 1.165) is 25.2 Å². The molecule has 2 atom stereocenters. The first-order valence-electron chi connectivity index (χ1n) is 10.4. The van der Waals surface area contributed by atoms with Gasteiger partial charge in [-0.3, -0.25) is 9.11 Å². The van der Waals surface area contributed by atoms with Gasteiger partial charge in [0.2, 0.25) is 0 Å². The summed E-state index contributed by atoms with van der Waals surface area (Å²) >= 11 is 0. The Kier molecular flexibility index (Phi) is 5.42. The van der Waals surface area contributed by atoms with Crippen LogP contribution in [0.15, 0.2) is 53.4 Å². The number of nitrogens with zero attached hydrogens (tertiary/aromatic N) is 1. The SMILES string of the molecule is CC(C)c1ccc(S(=O)(=O)Nc2ccc([C@@]34C[C@@H]3CN(CCCF)C4)cc2)cc1. The summed E-state index contributed by atoms with van der Waals surface area (Å²) in [5, 5.41) is 0. The molecule has 1 heterocycles. The van der Waals surface area contributed by atoms with Crippen LogP contribution in [0.1, 0.15) is 43.7 Å². The molecule has 1 saturated carbocycles. The number of piperidine rings is 1. The van der Waals surface area contributed by atoms with Crippen LogP contribution in [0.3, 0.4) is 0 Å². The molecular weight excluding hydrogens is 387 g/mol. The molecule has 6 heteroatoms. The Balaban J connectivity index is 1.43. The average molecular weight is 417 g/mol. The van der Waals surface area contributed by atoms with E-state index in [2.05, 4.69) is 23.5 Å². The number of sulfonamides is 1. The maximum absolute atomic E-state index is 12.7. The number of alkyl halides is 1. The molecule has 0 radical (unpaired) electrons. The van der Waals surface area contributed by atoms with Crippen molar-refractivity contribution in [2.24, 2.45) is 5.92 Å². The Labute approximate surface area is 173 Å². The van der Waals surface area contributed by atoms with Gasteiger partial charge < -0.3 is 4.90 Å². The smallest absolute Gasteiger partial charge is 0.261 e. The monoisotopic (exact) mass is 416 g/mol. The van der Waals surface area contributed by atoms with Gasteiger partial charge in [0.1, 0.15) is 0 Å². The molecule has 0 spiro atoms.